The van der Waals surface area contributed by atoms with Crippen LogP contribution in [0, 0.1) is 0 Å². The summed E-state index contributed by atoms with van der Waals surface area (Å²) in [5, 5.41) is 0.699. The summed E-state index contributed by atoms with van der Waals surface area (Å²) in [6, 6.07) is 11.5. The molecule has 2 aromatic heterocycles. The van der Waals surface area contributed by atoms with Crippen molar-refractivity contribution in [2.75, 3.05) is 4.90 Å². The van der Waals surface area contributed by atoms with Gasteiger partial charge in [-0.25, -0.2) is 4.98 Å². The van der Waals surface area contributed by atoms with Gasteiger partial charge in [-0.15, -0.1) is 0 Å². The number of carbonyl (C=O) groups excluding carboxylic acids is 1. The third-order valence-electron chi connectivity index (χ3n) is 2.79. The Kier molecular flexibility index (Phi) is 3.05. The molecule has 0 spiro atoms. The van der Waals surface area contributed by atoms with E-state index in [1.807, 2.05) is 36.4 Å². The van der Waals surface area contributed by atoms with Gasteiger partial charge in [0.25, 0.3) is 0 Å². The van der Waals surface area contributed by atoms with Gasteiger partial charge in [-0.05, 0) is 24.3 Å². The van der Waals surface area contributed by atoms with Gasteiger partial charge in [0.1, 0.15) is 5.76 Å². The second-order valence-electron chi connectivity index (χ2n) is 4.15. The van der Waals surface area contributed by atoms with Gasteiger partial charge in [0.05, 0.1) is 23.0 Å². The van der Waals surface area contributed by atoms with Crippen molar-refractivity contribution in [2.24, 2.45) is 0 Å². The Morgan fingerprint density at radius 1 is 1.32 bits per heavy atom. The molecule has 0 saturated heterocycles. The standard InChI is InChI=1S/C14H12N2O2S/c1-10(17)16(9-11-5-4-8-18-11)14-15-12-6-2-3-7-13(12)19-14/h2-8H,9H2,1H3. The smallest absolute Gasteiger partial charge is 0.226 e. The van der Waals surface area contributed by atoms with E-state index in [-0.39, 0.29) is 5.91 Å². The Morgan fingerprint density at radius 2 is 2.16 bits per heavy atom. The molecule has 5 heteroatoms. The minimum absolute atomic E-state index is 0.0459. The zero-order valence-electron chi connectivity index (χ0n) is 10.4. The highest BCUT2D eigenvalue weighted by molar-refractivity contribution is 7.22. The van der Waals surface area contributed by atoms with Gasteiger partial charge in [-0.3, -0.25) is 9.69 Å². The van der Waals surface area contributed by atoms with E-state index in [1.165, 1.54) is 18.3 Å². The molecule has 19 heavy (non-hydrogen) atoms. The first kappa shape index (κ1) is 11.9. The first-order chi connectivity index (χ1) is 9.24. The number of amides is 1. The summed E-state index contributed by atoms with van der Waals surface area (Å²) in [4.78, 5) is 17.9. The van der Waals surface area contributed by atoms with Crippen LogP contribution in [0.5, 0.6) is 0 Å². The second-order valence-corrected chi connectivity index (χ2v) is 5.16. The molecule has 0 radical (unpaired) electrons. The summed E-state index contributed by atoms with van der Waals surface area (Å²) in [6.07, 6.45) is 1.60. The van der Waals surface area contributed by atoms with Crippen molar-refractivity contribution in [3.8, 4) is 0 Å². The molecule has 0 aliphatic rings. The monoisotopic (exact) mass is 272 g/mol. The number of hydrogen-bond donors (Lipinski definition) is 0. The van der Waals surface area contributed by atoms with Crippen LogP contribution in [0.3, 0.4) is 0 Å². The van der Waals surface area contributed by atoms with Crippen molar-refractivity contribution < 1.29 is 9.21 Å². The van der Waals surface area contributed by atoms with E-state index < -0.39 is 0 Å². The van der Waals surface area contributed by atoms with Gasteiger partial charge in [-0.2, -0.15) is 0 Å². The minimum atomic E-state index is -0.0459. The summed E-state index contributed by atoms with van der Waals surface area (Å²) in [5.74, 6) is 0.699. The number of nitrogens with zero attached hydrogens (tertiary/aromatic N) is 2. The summed E-state index contributed by atoms with van der Waals surface area (Å²) < 4.78 is 6.37. The van der Waals surface area contributed by atoms with Crippen LogP contribution < -0.4 is 4.90 Å². The van der Waals surface area contributed by atoms with Gasteiger partial charge in [0.2, 0.25) is 5.91 Å². The molecule has 0 aliphatic heterocycles. The van der Waals surface area contributed by atoms with Crippen LogP contribution >= 0.6 is 11.3 Å². The van der Waals surface area contributed by atoms with Crippen LogP contribution in [-0.2, 0) is 11.3 Å². The van der Waals surface area contributed by atoms with Crippen LogP contribution in [0.25, 0.3) is 10.2 Å². The van der Waals surface area contributed by atoms with Crippen LogP contribution in [0.4, 0.5) is 5.13 Å². The fourth-order valence-electron chi connectivity index (χ4n) is 1.85. The van der Waals surface area contributed by atoms with E-state index in [1.54, 1.807) is 11.2 Å². The predicted molar refractivity (Wildman–Crippen MR) is 75.2 cm³/mol. The molecule has 0 N–H and O–H groups in total. The zero-order valence-corrected chi connectivity index (χ0v) is 11.2. The van der Waals surface area contributed by atoms with E-state index >= 15 is 0 Å². The first-order valence-electron chi connectivity index (χ1n) is 5.90. The van der Waals surface area contributed by atoms with Crippen LogP contribution in [-0.4, -0.2) is 10.9 Å². The molecule has 0 atom stereocenters. The minimum Gasteiger partial charge on any atom is -0.467 e. The Labute approximate surface area is 114 Å². The van der Waals surface area contributed by atoms with Crippen molar-refractivity contribution in [1.29, 1.82) is 0 Å². The molecule has 96 valence electrons. The van der Waals surface area contributed by atoms with Crippen molar-refractivity contribution in [3.63, 3.8) is 0 Å². The van der Waals surface area contributed by atoms with E-state index in [0.717, 1.165) is 16.0 Å². The lowest BCUT2D eigenvalue weighted by atomic mass is 10.3. The Morgan fingerprint density at radius 3 is 2.84 bits per heavy atom. The number of rotatable bonds is 3. The number of benzene rings is 1. The van der Waals surface area contributed by atoms with Crippen molar-refractivity contribution in [1.82, 2.24) is 4.98 Å². The molecule has 3 rings (SSSR count). The number of fused-ring (bicyclic) bond motifs is 1. The van der Waals surface area contributed by atoms with Gasteiger partial charge < -0.3 is 4.42 Å². The number of carbonyl (C=O) groups is 1. The average molecular weight is 272 g/mol. The fraction of sp³-hybridized carbons (Fsp3) is 0.143. The van der Waals surface area contributed by atoms with E-state index in [9.17, 15) is 4.79 Å². The highest BCUT2D eigenvalue weighted by atomic mass is 32.1. The van der Waals surface area contributed by atoms with Crippen molar-refractivity contribution >= 4 is 32.6 Å². The van der Waals surface area contributed by atoms with E-state index in [0.29, 0.717) is 11.7 Å². The van der Waals surface area contributed by atoms with E-state index in [4.69, 9.17) is 4.42 Å². The number of anilines is 1. The van der Waals surface area contributed by atoms with Crippen molar-refractivity contribution in [3.05, 3.63) is 48.4 Å². The van der Waals surface area contributed by atoms with Gasteiger partial charge in [0, 0.05) is 6.92 Å². The van der Waals surface area contributed by atoms with Gasteiger partial charge >= 0.3 is 0 Å². The topological polar surface area (TPSA) is 46.3 Å². The SMILES string of the molecule is CC(=O)N(Cc1ccco1)c1nc2ccccc2s1. The predicted octanol–water partition coefficient (Wildman–Crippen LogP) is 3.44. The highest BCUT2D eigenvalue weighted by Gasteiger charge is 2.17. The molecule has 2 heterocycles. The highest BCUT2D eigenvalue weighted by Crippen LogP contribution is 2.29. The summed E-state index contributed by atoms with van der Waals surface area (Å²) in [5.41, 5.74) is 0.910. The number of furan rings is 1. The number of thiazole rings is 1. The Bertz CT molecular complexity index is 670. The Balaban J connectivity index is 1.97. The number of hydrogen-bond acceptors (Lipinski definition) is 4. The molecule has 0 fully saturated rings. The maximum absolute atomic E-state index is 11.8. The Hall–Kier alpha value is -2.14. The maximum atomic E-state index is 11.8. The lowest BCUT2D eigenvalue weighted by Crippen LogP contribution is -2.27. The number of aromatic nitrogens is 1. The second kappa shape index (κ2) is 4.85. The molecular weight excluding hydrogens is 260 g/mol. The van der Waals surface area contributed by atoms with Crippen LogP contribution in [0.2, 0.25) is 0 Å². The van der Waals surface area contributed by atoms with Crippen LogP contribution in [0.15, 0.2) is 47.1 Å². The number of para-hydroxylation sites is 1. The van der Waals surface area contributed by atoms with Gasteiger partial charge in [0.15, 0.2) is 5.13 Å². The van der Waals surface area contributed by atoms with Crippen molar-refractivity contribution in [2.45, 2.75) is 13.5 Å². The third-order valence-corrected chi connectivity index (χ3v) is 3.85. The third kappa shape index (κ3) is 2.37. The molecule has 1 amide bonds. The largest absolute Gasteiger partial charge is 0.467 e. The van der Waals surface area contributed by atoms with E-state index in [2.05, 4.69) is 4.98 Å². The molecule has 1 aromatic carbocycles. The maximum Gasteiger partial charge on any atom is 0.226 e. The first-order valence-corrected chi connectivity index (χ1v) is 6.72. The fourth-order valence-corrected chi connectivity index (χ4v) is 2.86. The summed E-state index contributed by atoms with van der Waals surface area (Å²) >= 11 is 1.51. The quantitative estimate of drug-likeness (QED) is 0.733. The molecular formula is C14H12N2O2S. The lowest BCUT2D eigenvalue weighted by molar-refractivity contribution is -0.116. The molecule has 3 aromatic rings. The molecule has 0 aliphatic carbocycles. The van der Waals surface area contributed by atoms with Crippen LogP contribution in [0.1, 0.15) is 12.7 Å². The molecule has 0 saturated carbocycles. The molecule has 4 nitrogen and oxygen atoms in total. The molecule has 0 bridgehead atoms. The lowest BCUT2D eigenvalue weighted by Gasteiger charge is -2.15. The summed E-state index contributed by atoms with van der Waals surface area (Å²) in [6.45, 7) is 1.94. The molecule has 0 unspecified atom stereocenters. The summed E-state index contributed by atoms with van der Waals surface area (Å²) in [7, 11) is 0. The van der Waals surface area contributed by atoms with Gasteiger partial charge in [-0.1, -0.05) is 23.5 Å². The normalized spacial score (nSPS) is 10.8. The average Bonchev–Trinajstić information content (AvgIpc) is 3.04. The zero-order chi connectivity index (χ0) is 13.2.